The molecule has 31 heavy (non-hydrogen) atoms. The van der Waals surface area contributed by atoms with Gasteiger partial charge in [-0.3, -0.25) is 4.79 Å². The molecular formula is C22H18F3N5O. The molecule has 9 heteroatoms. The van der Waals surface area contributed by atoms with Crippen LogP contribution in [0.4, 0.5) is 18.9 Å². The Bertz CT molecular complexity index is 1120. The molecule has 4 rings (SSSR count). The zero-order valence-corrected chi connectivity index (χ0v) is 16.4. The maximum absolute atomic E-state index is 12.8. The minimum Gasteiger partial charge on any atom is -0.367 e. The minimum absolute atomic E-state index is 0.142. The normalized spacial score (nSPS) is 14.4. The van der Waals surface area contributed by atoms with Crippen LogP contribution in [0.25, 0.3) is 5.69 Å². The fourth-order valence-corrected chi connectivity index (χ4v) is 3.55. The summed E-state index contributed by atoms with van der Waals surface area (Å²) in [5.41, 5.74) is 1.38. The molecule has 0 atom stereocenters. The maximum atomic E-state index is 12.8. The van der Waals surface area contributed by atoms with Gasteiger partial charge in [0, 0.05) is 37.9 Å². The van der Waals surface area contributed by atoms with Gasteiger partial charge < -0.3 is 9.80 Å². The number of benzene rings is 2. The molecule has 0 spiro atoms. The second kappa shape index (κ2) is 8.14. The third-order valence-electron chi connectivity index (χ3n) is 5.19. The summed E-state index contributed by atoms with van der Waals surface area (Å²) in [5.74, 6) is -0.142. The van der Waals surface area contributed by atoms with Crippen LogP contribution in [0.15, 0.2) is 60.8 Å². The van der Waals surface area contributed by atoms with Gasteiger partial charge in [-0.25, -0.2) is 4.68 Å². The number of aromatic nitrogens is 2. The van der Waals surface area contributed by atoms with Gasteiger partial charge in [0.2, 0.25) is 0 Å². The van der Waals surface area contributed by atoms with Crippen molar-refractivity contribution in [2.45, 2.75) is 6.18 Å². The van der Waals surface area contributed by atoms with Crippen LogP contribution in [0.5, 0.6) is 0 Å². The van der Waals surface area contributed by atoms with Gasteiger partial charge in [-0.2, -0.15) is 23.5 Å². The van der Waals surface area contributed by atoms with Gasteiger partial charge in [-0.1, -0.05) is 12.1 Å². The molecule has 0 radical (unpaired) electrons. The number of anilines is 1. The zero-order chi connectivity index (χ0) is 22.0. The molecule has 0 bridgehead atoms. The lowest BCUT2D eigenvalue weighted by atomic mass is 10.1. The predicted molar refractivity (Wildman–Crippen MR) is 108 cm³/mol. The molecular weight excluding hydrogens is 407 g/mol. The third kappa shape index (κ3) is 4.23. The number of hydrogen-bond donors (Lipinski definition) is 0. The van der Waals surface area contributed by atoms with Crippen LogP contribution in [0.2, 0.25) is 0 Å². The Balaban J connectivity index is 1.41. The molecule has 3 aromatic rings. The Morgan fingerprint density at radius 2 is 1.65 bits per heavy atom. The SMILES string of the molecule is N#Cc1ccccc1N1CCN(C(=O)c2ccc(-n3ccc(C(F)(F)F)n3)cc2)CC1. The standard InChI is InChI=1S/C22H18F3N5O/c23-22(24,25)20-9-10-30(27-20)18-7-5-16(6-8-18)21(31)29-13-11-28(12-14-29)19-4-2-1-3-17(19)15-26/h1-10H,11-14H2. The Morgan fingerprint density at radius 1 is 0.968 bits per heavy atom. The van der Waals surface area contributed by atoms with Crippen LogP contribution in [0.3, 0.4) is 0 Å². The van der Waals surface area contributed by atoms with E-state index in [0.29, 0.717) is 43.0 Å². The topological polar surface area (TPSA) is 65.2 Å². The van der Waals surface area contributed by atoms with Crippen molar-refractivity contribution in [3.8, 4) is 11.8 Å². The van der Waals surface area contributed by atoms with Gasteiger partial charge in [0.25, 0.3) is 5.91 Å². The highest BCUT2D eigenvalue weighted by Gasteiger charge is 2.33. The van der Waals surface area contributed by atoms with Crippen molar-refractivity contribution in [2.75, 3.05) is 31.1 Å². The first-order valence-electron chi connectivity index (χ1n) is 9.63. The average Bonchev–Trinajstić information content (AvgIpc) is 3.30. The minimum atomic E-state index is -4.50. The molecule has 2 heterocycles. The number of halogens is 3. The number of hydrogen-bond acceptors (Lipinski definition) is 4. The van der Waals surface area contributed by atoms with E-state index in [1.54, 1.807) is 35.2 Å². The fraction of sp³-hybridized carbons (Fsp3) is 0.227. The average molecular weight is 425 g/mol. The van der Waals surface area contributed by atoms with Crippen molar-refractivity contribution in [2.24, 2.45) is 0 Å². The first kappa shape index (κ1) is 20.5. The number of amides is 1. The molecule has 0 unspecified atom stereocenters. The smallest absolute Gasteiger partial charge is 0.367 e. The first-order valence-corrected chi connectivity index (χ1v) is 9.63. The second-order valence-corrected chi connectivity index (χ2v) is 7.10. The monoisotopic (exact) mass is 425 g/mol. The van der Waals surface area contributed by atoms with E-state index in [-0.39, 0.29) is 5.91 Å². The summed E-state index contributed by atoms with van der Waals surface area (Å²) in [6.45, 7) is 2.23. The second-order valence-electron chi connectivity index (χ2n) is 7.10. The number of nitrogens with zero attached hydrogens (tertiary/aromatic N) is 5. The van der Waals surface area contributed by atoms with Crippen molar-refractivity contribution in [3.63, 3.8) is 0 Å². The fourth-order valence-electron chi connectivity index (χ4n) is 3.55. The Labute approximate surface area is 176 Å². The van der Waals surface area contributed by atoms with Gasteiger partial charge in [-0.05, 0) is 42.5 Å². The van der Waals surface area contributed by atoms with Gasteiger partial charge in [-0.15, -0.1) is 0 Å². The first-order chi connectivity index (χ1) is 14.9. The zero-order valence-electron chi connectivity index (χ0n) is 16.4. The summed E-state index contributed by atoms with van der Waals surface area (Å²) in [6, 6.07) is 16.8. The molecule has 2 aromatic carbocycles. The van der Waals surface area contributed by atoms with Crippen molar-refractivity contribution in [3.05, 3.63) is 77.6 Å². The highest BCUT2D eigenvalue weighted by molar-refractivity contribution is 5.94. The highest BCUT2D eigenvalue weighted by Crippen LogP contribution is 2.28. The van der Waals surface area contributed by atoms with Gasteiger partial charge in [0.1, 0.15) is 6.07 Å². The molecule has 0 aliphatic carbocycles. The Hall–Kier alpha value is -3.80. The van der Waals surface area contributed by atoms with E-state index in [4.69, 9.17) is 0 Å². The summed E-state index contributed by atoms with van der Waals surface area (Å²) in [7, 11) is 0. The van der Waals surface area contributed by atoms with E-state index in [1.807, 2.05) is 18.2 Å². The van der Waals surface area contributed by atoms with E-state index in [1.165, 1.54) is 6.20 Å². The van der Waals surface area contributed by atoms with E-state index < -0.39 is 11.9 Å². The molecule has 1 saturated heterocycles. The number of alkyl halides is 3. The van der Waals surface area contributed by atoms with E-state index in [9.17, 15) is 23.2 Å². The molecule has 0 N–H and O–H groups in total. The Morgan fingerprint density at radius 3 is 2.26 bits per heavy atom. The largest absolute Gasteiger partial charge is 0.435 e. The summed E-state index contributed by atoms with van der Waals surface area (Å²) in [4.78, 5) is 16.7. The highest BCUT2D eigenvalue weighted by atomic mass is 19.4. The lowest BCUT2D eigenvalue weighted by molar-refractivity contribution is -0.141. The number of carbonyl (C=O) groups is 1. The van der Waals surface area contributed by atoms with Crippen molar-refractivity contribution in [1.29, 1.82) is 5.26 Å². The van der Waals surface area contributed by atoms with Crippen molar-refractivity contribution < 1.29 is 18.0 Å². The van der Waals surface area contributed by atoms with Crippen LogP contribution in [-0.2, 0) is 6.18 Å². The molecule has 1 amide bonds. The summed E-state index contributed by atoms with van der Waals surface area (Å²) in [5, 5.41) is 12.8. The van der Waals surface area contributed by atoms with Crippen LogP contribution in [-0.4, -0.2) is 46.8 Å². The number of piperazine rings is 1. The Kier molecular flexibility index (Phi) is 5.38. The summed E-state index contributed by atoms with van der Waals surface area (Å²) >= 11 is 0. The number of nitriles is 1. The third-order valence-corrected chi connectivity index (χ3v) is 5.19. The quantitative estimate of drug-likeness (QED) is 0.642. The van der Waals surface area contributed by atoms with Crippen LogP contribution in [0, 0.1) is 11.3 Å². The van der Waals surface area contributed by atoms with Crippen molar-refractivity contribution >= 4 is 11.6 Å². The molecule has 1 aliphatic rings. The van der Waals surface area contributed by atoms with E-state index in [2.05, 4.69) is 16.1 Å². The van der Waals surface area contributed by atoms with Crippen LogP contribution >= 0.6 is 0 Å². The van der Waals surface area contributed by atoms with Gasteiger partial charge in [0.05, 0.1) is 16.9 Å². The molecule has 1 aliphatic heterocycles. The van der Waals surface area contributed by atoms with Crippen LogP contribution in [0.1, 0.15) is 21.6 Å². The summed E-state index contributed by atoms with van der Waals surface area (Å²) < 4.78 is 39.3. The van der Waals surface area contributed by atoms with Gasteiger partial charge in [0.15, 0.2) is 5.69 Å². The lowest BCUT2D eigenvalue weighted by Gasteiger charge is -2.36. The maximum Gasteiger partial charge on any atom is 0.435 e. The van der Waals surface area contributed by atoms with E-state index >= 15 is 0 Å². The van der Waals surface area contributed by atoms with Crippen LogP contribution < -0.4 is 4.90 Å². The number of carbonyl (C=O) groups excluding carboxylic acids is 1. The number of para-hydroxylation sites is 1. The van der Waals surface area contributed by atoms with Gasteiger partial charge >= 0.3 is 6.18 Å². The summed E-state index contributed by atoms with van der Waals surface area (Å²) in [6.07, 6.45) is -3.27. The van der Waals surface area contributed by atoms with E-state index in [0.717, 1.165) is 16.4 Å². The molecule has 1 aromatic heterocycles. The molecule has 6 nitrogen and oxygen atoms in total. The van der Waals surface area contributed by atoms with Crippen molar-refractivity contribution in [1.82, 2.24) is 14.7 Å². The molecule has 158 valence electrons. The lowest BCUT2D eigenvalue weighted by Crippen LogP contribution is -2.49. The predicted octanol–water partition coefficient (Wildman–Crippen LogP) is 3.73. The molecule has 0 saturated carbocycles. The molecule has 1 fully saturated rings. The number of rotatable bonds is 3.